The molecular weight excluding hydrogens is 280 g/mol. The lowest BCUT2D eigenvalue weighted by molar-refractivity contribution is -0.131. The first-order chi connectivity index (χ1) is 10.7. The highest BCUT2D eigenvalue weighted by Crippen LogP contribution is 2.15. The summed E-state index contributed by atoms with van der Waals surface area (Å²) in [5.74, 6) is -0.181. The van der Waals surface area contributed by atoms with Crippen LogP contribution in [-0.4, -0.2) is 30.4 Å². The molecule has 0 aliphatic heterocycles. The van der Waals surface area contributed by atoms with E-state index in [1.165, 1.54) is 12.8 Å². The van der Waals surface area contributed by atoms with Crippen molar-refractivity contribution in [2.75, 3.05) is 13.2 Å². The van der Waals surface area contributed by atoms with Gasteiger partial charge in [-0.15, -0.1) is 0 Å². The molecule has 1 unspecified atom stereocenters. The van der Waals surface area contributed by atoms with Gasteiger partial charge in [0.1, 0.15) is 12.4 Å². The summed E-state index contributed by atoms with van der Waals surface area (Å²) < 4.78 is 11.5. The first kappa shape index (κ1) is 18.2. The van der Waals surface area contributed by atoms with Crippen molar-refractivity contribution < 1.29 is 19.4 Å². The second-order valence-electron chi connectivity index (χ2n) is 5.12. The molecule has 1 rings (SSSR count). The summed E-state index contributed by atoms with van der Waals surface area (Å²) in [6.07, 6.45) is 7.39. The normalized spacial score (nSPS) is 12.5. The Hall–Kier alpha value is -1.81. The van der Waals surface area contributed by atoms with Crippen LogP contribution in [0.5, 0.6) is 5.75 Å². The van der Waals surface area contributed by atoms with E-state index in [9.17, 15) is 4.79 Å². The van der Waals surface area contributed by atoms with E-state index < -0.39 is 5.97 Å². The third-order valence-electron chi connectivity index (χ3n) is 3.27. The number of carbonyl (C=O) groups is 1. The number of rotatable bonds is 11. The number of aliphatic carboxylic acids is 1. The molecule has 4 heteroatoms. The highest BCUT2D eigenvalue weighted by molar-refractivity contribution is 5.85. The number of unbranched alkanes of at least 4 members (excludes halogenated alkanes) is 2. The Morgan fingerprint density at radius 2 is 1.95 bits per heavy atom. The van der Waals surface area contributed by atoms with Gasteiger partial charge in [0.2, 0.25) is 0 Å². The Morgan fingerprint density at radius 1 is 1.23 bits per heavy atom. The van der Waals surface area contributed by atoms with Gasteiger partial charge >= 0.3 is 5.97 Å². The van der Waals surface area contributed by atoms with Crippen molar-refractivity contribution in [3.05, 3.63) is 35.9 Å². The van der Waals surface area contributed by atoms with Crippen molar-refractivity contribution in [3.63, 3.8) is 0 Å². The molecule has 1 atom stereocenters. The molecule has 0 fully saturated rings. The van der Waals surface area contributed by atoms with Gasteiger partial charge in [0.15, 0.2) is 0 Å². The van der Waals surface area contributed by atoms with Crippen molar-refractivity contribution in [2.24, 2.45) is 0 Å². The Kier molecular flexibility index (Phi) is 9.00. The maximum atomic E-state index is 10.5. The van der Waals surface area contributed by atoms with Crippen LogP contribution in [0.4, 0.5) is 0 Å². The minimum Gasteiger partial charge on any atom is -0.491 e. The minimum absolute atomic E-state index is 0.128. The molecule has 1 aromatic rings. The van der Waals surface area contributed by atoms with Gasteiger partial charge in [0.25, 0.3) is 0 Å². The van der Waals surface area contributed by atoms with Crippen LogP contribution in [-0.2, 0) is 9.53 Å². The van der Waals surface area contributed by atoms with Crippen LogP contribution in [0.15, 0.2) is 30.3 Å². The van der Waals surface area contributed by atoms with E-state index in [1.807, 2.05) is 31.2 Å². The van der Waals surface area contributed by atoms with Crippen molar-refractivity contribution in [2.45, 2.75) is 45.6 Å². The second kappa shape index (κ2) is 10.9. The molecule has 0 aliphatic carbocycles. The van der Waals surface area contributed by atoms with E-state index in [1.54, 1.807) is 6.08 Å². The smallest absolute Gasteiger partial charge is 0.328 e. The van der Waals surface area contributed by atoms with Crippen LogP contribution >= 0.6 is 0 Å². The van der Waals surface area contributed by atoms with Gasteiger partial charge in [0, 0.05) is 12.7 Å². The Morgan fingerprint density at radius 3 is 2.55 bits per heavy atom. The zero-order chi connectivity index (χ0) is 16.2. The fraction of sp³-hybridized carbons (Fsp3) is 0.500. The number of hydrogen-bond acceptors (Lipinski definition) is 3. The number of benzene rings is 1. The zero-order valence-electron chi connectivity index (χ0n) is 13.5. The van der Waals surface area contributed by atoms with Gasteiger partial charge in [-0.25, -0.2) is 4.79 Å². The van der Waals surface area contributed by atoms with Gasteiger partial charge in [-0.2, -0.15) is 0 Å². The highest BCUT2D eigenvalue weighted by atomic mass is 16.5. The maximum Gasteiger partial charge on any atom is 0.328 e. The van der Waals surface area contributed by atoms with E-state index in [2.05, 4.69) is 6.92 Å². The molecule has 122 valence electrons. The monoisotopic (exact) mass is 306 g/mol. The standard InChI is InChI=1S/C18H26O4/c1-3-5-6-7-17(21-4-2)14-22-16-11-8-15(9-12-16)10-13-18(19)20/h8-13,17H,3-7,14H2,1-2H3,(H,19,20). The summed E-state index contributed by atoms with van der Waals surface area (Å²) in [6, 6.07) is 7.36. The Balaban J connectivity index is 2.45. The lowest BCUT2D eigenvalue weighted by Gasteiger charge is -2.17. The molecule has 0 aliphatic rings. The molecule has 1 N–H and O–H groups in total. The summed E-state index contributed by atoms with van der Waals surface area (Å²) in [5.41, 5.74) is 0.832. The quantitative estimate of drug-likeness (QED) is 0.493. The van der Waals surface area contributed by atoms with Gasteiger partial charge in [-0.1, -0.05) is 38.3 Å². The lowest BCUT2D eigenvalue weighted by atomic mass is 10.1. The van der Waals surface area contributed by atoms with Crippen molar-refractivity contribution in [1.82, 2.24) is 0 Å². The van der Waals surface area contributed by atoms with Crippen molar-refractivity contribution in [1.29, 1.82) is 0 Å². The fourth-order valence-electron chi connectivity index (χ4n) is 2.10. The van der Waals surface area contributed by atoms with Crippen LogP contribution in [0.2, 0.25) is 0 Å². The summed E-state index contributed by atoms with van der Waals surface area (Å²) in [7, 11) is 0. The van der Waals surface area contributed by atoms with Gasteiger partial charge in [0.05, 0.1) is 6.10 Å². The van der Waals surface area contributed by atoms with Crippen molar-refractivity contribution in [3.8, 4) is 5.75 Å². The molecular formula is C18H26O4. The first-order valence-electron chi connectivity index (χ1n) is 7.91. The first-order valence-corrected chi connectivity index (χ1v) is 7.91. The van der Waals surface area contributed by atoms with Crippen LogP contribution < -0.4 is 4.74 Å². The summed E-state index contributed by atoms with van der Waals surface area (Å²) in [5, 5.41) is 8.59. The topological polar surface area (TPSA) is 55.8 Å². The van der Waals surface area contributed by atoms with Crippen LogP contribution in [0.3, 0.4) is 0 Å². The molecule has 0 saturated heterocycles. The van der Waals surface area contributed by atoms with Crippen LogP contribution in [0.1, 0.15) is 45.1 Å². The Bertz CT molecular complexity index is 451. The average molecular weight is 306 g/mol. The minimum atomic E-state index is -0.952. The predicted octanol–water partition coefficient (Wildman–Crippen LogP) is 4.15. The average Bonchev–Trinajstić information content (AvgIpc) is 2.51. The number of hydrogen-bond donors (Lipinski definition) is 1. The molecule has 0 heterocycles. The molecule has 22 heavy (non-hydrogen) atoms. The summed E-state index contributed by atoms with van der Waals surface area (Å²) >= 11 is 0. The number of carboxylic acid groups (broad SMARTS) is 1. The van der Waals surface area contributed by atoms with Gasteiger partial charge < -0.3 is 14.6 Å². The predicted molar refractivity (Wildman–Crippen MR) is 88.2 cm³/mol. The van der Waals surface area contributed by atoms with Gasteiger partial charge in [-0.3, -0.25) is 0 Å². The third-order valence-corrected chi connectivity index (χ3v) is 3.27. The maximum absolute atomic E-state index is 10.5. The van der Waals surface area contributed by atoms with E-state index >= 15 is 0 Å². The second-order valence-corrected chi connectivity index (χ2v) is 5.12. The fourth-order valence-corrected chi connectivity index (χ4v) is 2.10. The summed E-state index contributed by atoms with van der Waals surface area (Å²) in [4.78, 5) is 10.5. The molecule has 4 nitrogen and oxygen atoms in total. The molecule has 0 amide bonds. The molecule has 1 aromatic carbocycles. The number of carboxylic acids is 1. The lowest BCUT2D eigenvalue weighted by Crippen LogP contribution is -2.21. The van der Waals surface area contributed by atoms with E-state index in [-0.39, 0.29) is 6.10 Å². The molecule has 0 saturated carbocycles. The third kappa shape index (κ3) is 7.84. The largest absolute Gasteiger partial charge is 0.491 e. The van der Waals surface area contributed by atoms with Crippen LogP contribution in [0.25, 0.3) is 6.08 Å². The summed E-state index contributed by atoms with van der Waals surface area (Å²) in [6.45, 7) is 5.42. The van der Waals surface area contributed by atoms with Crippen LogP contribution in [0, 0.1) is 0 Å². The number of ether oxygens (including phenoxy) is 2. The SMILES string of the molecule is CCCCCC(COc1ccc(C=CC(=O)O)cc1)OCC. The van der Waals surface area contributed by atoms with Gasteiger partial charge in [-0.05, 0) is 37.1 Å². The molecule has 0 spiro atoms. The Labute approximate surface area is 132 Å². The molecule has 0 aromatic heterocycles. The van der Waals surface area contributed by atoms with E-state index in [0.29, 0.717) is 13.2 Å². The molecule has 0 radical (unpaired) electrons. The zero-order valence-corrected chi connectivity index (χ0v) is 13.5. The van der Waals surface area contributed by atoms with E-state index in [0.717, 1.165) is 30.2 Å². The van der Waals surface area contributed by atoms with Crippen molar-refractivity contribution >= 4 is 12.0 Å². The van der Waals surface area contributed by atoms with E-state index in [4.69, 9.17) is 14.6 Å². The highest BCUT2D eigenvalue weighted by Gasteiger charge is 2.09. The molecule has 0 bridgehead atoms.